The predicted molar refractivity (Wildman–Crippen MR) is 90.5 cm³/mol. The Morgan fingerprint density at radius 3 is 2.92 bits per heavy atom. The van der Waals surface area contributed by atoms with Crippen LogP contribution >= 0.6 is 0 Å². The third kappa shape index (κ3) is 3.30. The van der Waals surface area contributed by atoms with Crippen molar-refractivity contribution in [2.75, 3.05) is 13.6 Å². The zero-order valence-corrected chi connectivity index (χ0v) is 14.0. The molecule has 0 fully saturated rings. The van der Waals surface area contributed by atoms with Crippen molar-refractivity contribution in [2.24, 2.45) is 7.05 Å². The van der Waals surface area contributed by atoms with Crippen molar-refractivity contribution in [2.45, 2.75) is 19.4 Å². The van der Waals surface area contributed by atoms with Gasteiger partial charge in [0.1, 0.15) is 11.6 Å². The average Bonchev–Trinajstić information content (AvgIpc) is 3.15. The van der Waals surface area contributed by atoms with Gasteiger partial charge < -0.3 is 15.1 Å². The lowest BCUT2D eigenvalue weighted by Gasteiger charge is -2.14. The Morgan fingerprint density at radius 1 is 1.42 bits per heavy atom. The van der Waals surface area contributed by atoms with Crippen molar-refractivity contribution in [1.29, 1.82) is 0 Å². The standard InChI is InChI=1S/C17H21N5O2/c1-11-5-4-6-13-15(11)21-14(24-13)7-8-19-17(23)16(18-2)12-9-20-22(3)10-12/h4-6,9-10,16,18H,7-8H2,1-3H3,(H,19,23). The number of hydrogen-bond acceptors (Lipinski definition) is 5. The maximum absolute atomic E-state index is 12.3. The van der Waals surface area contributed by atoms with E-state index in [9.17, 15) is 4.79 Å². The van der Waals surface area contributed by atoms with Crippen LogP contribution in [-0.4, -0.2) is 34.3 Å². The molecule has 24 heavy (non-hydrogen) atoms. The highest BCUT2D eigenvalue weighted by Gasteiger charge is 2.19. The van der Waals surface area contributed by atoms with Gasteiger partial charge in [0, 0.05) is 31.8 Å². The summed E-state index contributed by atoms with van der Waals surface area (Å²) in [5.41, 5.74) is 3.57. The number of likely N-dealkylation sites (N-methyl/N-ethyl adjacent to an activating group) is 1. The average molecular weight is 327 g/mol. The molecule has 2 heterocycles. The number of aromatic nitrogens is 3. The Bertz CT molecular complexity index is 852. The van der Waals surface area contributed by atoms with Gasteiger partial charge in [0.05, 0.1) is 6.20 Å². The highest BCUT2D eigenvalue weighted by molar-refractivity contribution is 5.83. The molecule has 0 aliphatic rings. The first-order valence-electron chi connectivity index (χ1n) is 7.87. The molecule has 0 radical (unpaired) electrons. The summed E-state index contributed by atoms with van der Waals surface area (Å²) < 4.78 is 7.39. The van der Waals surface area contributed by atoms with E-state index in [0.29, 0.717) is 18.9 Å². The van der Waals surface area contributed by atoms with Crippen molar-refractivity contribution in [3.8, 4) is 0 Å². The van der Waals surface area contributed by atoms with Gasteiger partial charge in [-0.1, -0.05) is 12.1 Å². The molecule has 2 aromatic heterocycles. The van der Waals surface area contributed by atoms with Gasteiger partial charge in [-0.05, 0) is 25.6 Å². The van der Waals surface area contributed by atoms with E-state index >= 15 is 0 Å². The van der Waals surface area contributed by atoms with Gasteiger partial charge in [0.15, 0.2) is 11.5 Å². The Balaban J connectivity index is 1.60. The first-order valence-corrected chi connectivity index (χ1v) is 7.87. The Labute approximate surface area is 140 Å². The number of benzene rings is 1. The maximum atomic E-state index is 12.3. The summed E-state index contributed by atoms with van der Waals surface area (Å²) >= 11 is 0. The van der Waals surface area contributed by atoms with E-state index in [1.807, 2.05) is 38.4 Å². The Kier molecular flexibility index (Phi) is 4.61. The summed E-state index contributed by atoms with van der Waals surface area (Å²) in [5.74, 6) is 0.528. The number of carbonyl (C=O) groups is 1. The topological polar surface area (TPSA) is 85.0 Å². The lowest BCUT2D eigenvalue weighted by atomic mass is 10.1. The van der Waals surface area contributed by atoms with E-state index in [2.05, 4.69) is 20.7 Å². The zero-order chi connectivity index (χ0) is 17.1. The minimum absolute atomic E-state index is 0.0993. The molecule has 0 saturated carbocycles. The van der Waals surface area contributed by atoms with Crippen LogP contribution in [0.2, 0.25) is 0 Å². The fraction of sp³-hybridized carbons (Fsp3) is 0.353. The number of carbonyl (C=O) groups excluding carboxylic acids is 1. The van der Waals surface area contributed by atoms with Crippen molar-refractivity contribution in [3.05, 3.63) is 47.6 Å². The van der Waals surface area contributed by atoms with Crippen LogP contribution in [0.15, 0.2) is 35.0 Å². The molecule has 1 amide bonds. The highest BCUT2D eigenvalue weighted by atomic mass is 16.3. The smallest absolute Gasteiger partial charge is 0.241 e. The first-order chi connectivity index (χ1) is 11.6. The third-order valence-electron chi connectivity index (χ3n) is 3.91. The van der Waals surface area contributed by atoms with Crippen LogP contribution < -0.4 is 10.6 Å². The van der Waals surface area contributed by atoms with Crippen molar-refractivity contribution < 1.29 is 9.21 Å². The van der Waals surface area contributed by atoms with Gasteiger partial charge in [0.25, 0.3) is 0 Å². The molecule has 1 atom stereocenters. The van der Waals surface area contributed by atoms with Gasteiger partial charge in [-0.25, -0.2) is 4.98 Å². The zero-order valence-electron chi connectivity index (χ0n) is 14.0. The van der Waals surface area contributed by atoms with Gasteiger partial charge in [0.2, 0.25) is 5.91 Å². The molecule has 1 aromatic carbocycles. The summed E-state index contributed by atoms with van der Waals surface area (Å²) in [4.78, 5) is 16.8. The minimum Gasteiger partial charge on any atom is -0.441 e. The second-order valence-corrected chi connectivity index (χ2v) is 5.74. The second kappa shape index (κ2) is 6.84. The normalized spacial score (nSPS) is 12.5. The molecule has 0 aliphatic carbocycles. The van der Waals surface area contributed by atoms with Crippen LogP contribution in [0.5, 0.6) is 0 Å². The van der Waals surface area contributed by atoms with Gasteiger partial charge in [-0.3, -0.25) is 9.48 Å². The van der Waals surface area contributed by atoms with Crippen molar-refractivity contribution in [3.63, 3.8) is 0 Å². The van der Waals surface area contributed by atoms with Gasteiger partial charge >= 0.3 is 0 Å². The number of aryl methyl sites for hydroxylation is 2. The predicted octanol–water partition coefficient (Wildman–Crippen LogP) is 1.49. The lowest BCUT2D eigenvalue weighted by molar-refractivity contribution is -0.123. The van der Waals surface area contributed by atoms with Crippen LogP contribution in [0.3, 0.4) is 0 Å². The minimum atomic E-state index is -0.426. The summed E-state index contributed by atoms with van der Waals surface area (Å²) in [7, 11) is 3.57. The first kappa shape index (κ1) is 16.2. The maximum Gasteiger partial charge on any atom is 0.241 e. The van der Waals surface area contributed by atoms with E-state index in [0.717, 1.165) is 22.2 Å². The molecule has 0 saturated heterocycles. The number of hydrogen-bond donors (Lipinski definition) is 2. The van der Waals surface area contributed by atoms with Crippen LogP contribution in [-0.2, 0) is 18.3 Å². The van der Waals surface area contributed by atoms with Crippen molar-refractivity contribution in [1.82, 2.24) is 25.4 Å². The Morgan fingerprint density at radius 2 is 2.25 bits per heavy atom. The van der Waals surface area contributed by atoms with E-state index in [1.54, 1.807) is 17.9 Å². The molecule has 1 unspecified atom stereocenters. The molecule has 0 spiro atoms. The molecule has 2 N–H and O–H groups in total. The van der Waals surface area contributed by atoms with E-state index in [-0.39, 0.29) is 5.91 Å². The highest BCUT2D eigenvalue weighted by Crippen LogP contribution is 2.19. The van der Waals surface area contributed by atoms with Crippen LogP contribution in [0.4, 0.5) is 0 Å². The SMILES string of the molecule is CNC(C(=O)NCCc1nc2c(C)cccc2o1)c1cnn(C)c1. The molecule has 126 valence electrons. The van der Waals surface area contributed by atoms with Gasteiger partial charge in [-0.15, -0.1) is 0 Å². The molecular formula is C17H21N5O2. The number of para-hydroxylation sites is 1. The molecule has 3 rings (SSSR count). The third-order valence-corrected chi connectivity index (χ3v) is 3.91. The number of oxazole rings is 1. The van der Waals surface area contributed by atoms with Gasteiger partial charge in [-0.2, -0.15) is 5.10 Å². The monoisotopic (exact) mass is 327 g/mol. The summed E-state index contributed by atoms with van der Waals surface area (Å²) in [6, 6.07) is 5.42. The van der Waals surface area contributed by atoms with E-state index in [1.165, 1.54) is 0 Å². The lowest BCUT2D eigenvalue weighted by Crippen LogP contribution is -2.36. The molecule has 7 nitrogen and oxygen atoms in total. The largest absolute Gasteiger partial charge is 0.441 e. The number of fused-ring (bicyclic) bond motifs is 1. The van der Waals surface area contributed by atoms with E-state index in [4.69, 9.17) is 4.42 Å². The quantitative estimate of drug-likeness (QED) is 0.716. The molecule has 7 heteroatoms. The molecule has 0 bridgehead atoms. The molecule has 3 aromatic rings. The Hall–Kier alpha value is -2.67. The number of nitrogens with one attached hydrogen (secondary N) is 2. The summed E-state index contributed by atoms with van der Waals surface area (Å²) in [6.07, 6.45) is 4.05. The number of nitrogens with zero attached hydrogens (tertiary/aromatic N) is 3. The number of amides is 1. The fourth-order valence-electron chi connectivity index (χ4n) is 2.67. The van der Waals surface area contributed by atoms with Crippen LogP contribution in [0, 0.1) is 6.92 Å². The van der Waals surface area contributed by atoms with Crippen LogP contribution in [0.1, 0.15) is 23.1 Å². The van der Waals surface area contributed by atoms with E-state index < -0.39 is 6.04 Å². The summed E-state index contributed by atoms with van der Waals surface area (Å²) in [5, 5.41) is 10.0. The molecule has 0 aliphatic heterocycles. The fourth-order valence-corrected chi connectivity index (χ4v) is 2.67. The number of rotatable bonds is 6. The van der Waals surface area contributed by atoms with Crippen LogP contribution in [0.25, 0.3) is 11.1 Å². The molecular weight excluding hydrogens is 306 g/mol. The summed E-state index contributed by atoms with van der Waals surface area (Å²) in [6.45, 7) is 2.46. The second-order valence-electron chi connectivity index (χ2n) is 5.74. The van der Waals surface area contributed by atoms with Crippen molar-refractivity contribution >= 4 is 17.0 Å².